The average molecular weight is 157 g/mol. The van der Waals surface area contributed by atoms with Gasteiger partial charge in [-0.05, 0) is 18.8 Å². The van der Waals surface area contributed by atoms with Crippen molar-refractivity contribution in [2.24, 2.45) is 5.92 Å². The zero-order chi connectivity index (χ0) is 7.94. The lowest BCUT2D eigenvalue weighted by Crippen LogP contribution is -2.17. The van der Waals surface area contributed by atoms with Crippen LogP contribution in [0.4, 0.5) is 0 Å². The Labute approximate surface area is 66.7 Å². The van der Waals surface area contributed by atoms with E-state index >= 15 is 0 Å². The highest BCUT2D eigenvalue weighted by molar-refractivity contribution is 5.37. The van der Waals surface area contributed by atoms with Crippen LogP contribution in [0.3, 0.4) is 0 Å². The molecular weight excluding hydrogens is 144 g/mol. The molecule has 0 amide bonds. The molecule has 0 aromatic heterocycles. The van der Waals surface area contributed by atoms with E-state index in [2.05, 4.69) is 4.74 Å². The Morgan fingerprint density at radius 1 is 1.45 bits per heavy atom. The first-order valence-corrected chi connectivity index (χ1v) is 3.90. The maximum Gasteiger partial charge on any atom is 0.293 e. The third-order valence-electron chi connectivity index (χ3n) is 1.86. The zero-order valence-corrected chi connectivity index (χ0v) is 6.49. The Hall–Kier alpha value is -0.570. The van der Waals surface area contributed by atoms with Gasteiger partial charge in [-0.25, -0.2) is 0 Å². The maximum atomic E-state index is 9.78. The van der Waals surface area contributed by atoms with Gasteiger partial charge in [-0.2, -0.15) is 0 Å². The molecule has 0 bridgehead atoms. The molecule has 1 saturated heterocycles. The van der Waals surface area contributed by atoms with E-state index in [1.54, 1.807) is 0 Å². The molecule has 1 fully saturated rings. The van der Waals surface area contributed by atoms with Crippen molar-refractivity contribution in [3.63, 3.8) is 0 Å². The second kappa shape index (κ2) is 5.13. The summed E-state index contributed by atoms with van der Waals surface area (Å²) < 4.78 is 9.73. The monoisotopic (exact) mass is 157 g/mol. The molecule has 0 unspecified atom stereocenters. The largest absolute Gasteiger partial charge is 0.468 e. The molecule has 0 aliphatic carbocycles. The third kappa shape index (κ3) is 3.37. The van der Waals surface area contributed by atoms with Crippen molar-refractivity contribution < 1.29 is 14.3 Å². The van der Waals surface area contributed by atoms with E-state index in [1.807, 2.05) is 6.42 Å². The summed E-state index contributed by atoms with van der Waals surface area (Å²) in [6.07, 6.45) is 4.15. The van der Waals surface area contributed by atoms with Gasteiger partial charge in [0.2, 0.25) is 0 Å². The van der Waals surface area contributed by atoms with Crippen molar-refractivity contribution in [2.75, 3.05) is 19.8 Å². The Bertz CT molecular complexity index is 108. The van der Waals surface area contributed by atoms with Crippen LogP contribution >= 0.6 is 0 Å². The standard InChI is InChI=1S/C8H13O3/c9-7-11-6-3-8-1-4-10-5-2-8/h3,7-8H,1-2,4-6H2. The lowest BCUT2D eigenvalue weighted by atomic mass is 9.97. The van der Waals surface area contributed by atoms with Crippen molar-refractivity contribution in [3.05, 3.63) is 6.42 Å². The SMILES string of the molecule is O=COC[CH]C1CCOCC1. The molecule has 0 spiro atoms. The molecule has 3 nitrogen and oxygen atoms in total. The Kier molecular flexibility index (Phi) is 3.98. The lowest BCUT2D eigenvalue weighted by Gasteiger charge is -2.20. The predicted octanol–water partition coefficient (Wildman–Crippen LogP) is 0.790. The van der Waals surface area contributed by atoms with Gasteiger partial charge in [0.1, 0.15) is 0 Å². The molecule has 1 aliphatic heterocycles. The van der Waals surface area contributed by atoms with Crippen molar-refractivity contribution >= 4 is 6.47 Å². The van der Waals surface area contributed by atoms with Crippen LogP contribution in [-0.4, -0.2) is 26.3 Å². The summed E-state index contributed by atoms with van der Waals surface area (Å²) in [5, 5.41) is 0. The van der Waals surface area contributed by atoms with E-state index in [0.717, 1.165) is 26.1 Å². The highest BCUT2D eigenvalue weighted by atomic mass is 16.5. The van der Waals surface area contributed by atoms with E-state index in [4.69, 9.17) is 4.74 Å². The van der Waals surface area contributed by atoms with Gasteiger partial charge < -0.3 is 9.47 Å². The molecule has 11 heavy (non-hydrogen) atoms. The van der Waals surface area contributed by atoms with Gasteiger partial charge in [0.05, 0.1) is 6.61 Å². The summed E-state index contributed by atoms with van der Waals surface area (Å²) in [6, 6.07) is 0. The molecule has 3 heteroatoms. The van der Waals surface area contributed by atoms with E-state index in [0.29, 0.717) is 19.0 Å². The number of hydrogen-bond acceptors (Lipinski definition) is 3. The van der Waals surface area contributed by atoms with Crippen molar-refractivity contribution in [3.8, 4) is 0 Å². The summed E-state index contributed by atoms with van der Waals surface area (Å²) >= 11 is 0. The molecule has 0 aromatic rings. The first-order valence-electron chi connectivity index (χ1n) is 3.90. The summed E-state index contributed by atoms with van der Waals surface area (Å²) in [5.41, 5.74) is 0. The van der Waals surface area contributed by atoms with Crippen molar-refractivity contribution in [2.45, 2.75) is 12.8 Å². The number of carbonyl (C=O) groups is 1. The topological polar surface area (TPSA) is 35.5 Å². The van der Waals surface area contributed by atoms with Crippen LogP contribution in [0.15, 0.2) is 0 Å². The van der Waals surface area contributed by atoms with Gasteiger partial charge in [-0.3, -0.25) is 4.79 Å². The van der Waals surface area contributed by atoms with Crippen LogP contribution in [0.25, 0.3) is 0 Å². The molecule has 1 heterocycles. The van der Waals surface area contributed by atoms with E-state index in [1.165, 1.54) is 0 Å². The molecular formula is C8H13O3. The number of carbonyl (C=O) groups excluding carboxylic acids is 1. The van der Waals surface area contributed by atoms with E-state index < -0.39 is 0 Å². The normalized spacial score (nSPS) is 19.6. The average Bonchev–Trinajstić information content (AvgIpc) is 2.07. The van der Waals surface area contributed by atoms with Crippen LogP contribution in [0.5, 0.6) is 0 Å². The molecule has 0 saturated carbocycles. The summed E-state index contributed by atoms with van der Waals surface area (Å²) in [6.45, 7) is 2.59. The van der Waals surface area contributed by atoms with Gasteiger partial charge >= 0.3 is 0 Å². The smallest absolute Gasteiger partial charge is 0.293 e. The van der Waals surface area contributed by atoms with Gasteiger partial charge in [0.25, 0.3) is 6.47 Å². The molecule has 0 N–H and O–H groups in total. The molecule has 1 aliphatic rings. The van der Waals surface area contributed by atoms with Crippen LogP contribution in [0.1, 0.15) is 12.8 Å². The maximum absolute atomic E-state index is 9.78. The molecule has 63 valence electrons. The number of hydrogen-bond donors (Lipinski definition) is 0. The van der Waals surface area contributed by atoms with Gasteiger partial charge in [0, 0.05) is 19.6 Å². The van der Waals surface area contributed by atoms with Crippen molar-refractivity contribution in [1.29, 1.82) is 0 Å². The first-order chi connectivity index (χ1) is 5.43. The summed E-state index contributed by atoms with van der Waals surface area (Å²) in [4.78, 5) is 9.78. The number of rotatable bonds is 4. The summed E-state index contributed by atoms with van der Waals surface area (Å²) in [5.74, 6) is 0.573. The highest BCUT2D eigenvalue weighted by Crippen LogP contribution is 2.16. The fourth-order valence-electron chi connectivity index (χ4n) is 1.18. The lowest BCUT2D eigenvalue weighted by molar-refractivity contribution is -0.128. The second-order valence-corrected chi connectivity index (χ2v) is 2.62. The second-order valence-electron chi connectivity index (χ2n) is 2.62. The minimum Gasteiger partial charge on any atom is -0.468 e. The van der Waals surface area contributed by atoms with E-state index in [-0.39, 0.29) is 0 Å². The van der Waals surface area contributed by atoms with Crippen LogP contribution in [0, 0.1) is 12.3 Å². The minimum absolute atomic E-state index is 0.439. The van der Waals surface area contributed by atoms with Crippen LogP contribution in [-0.2, 0) is 14.3 Å². The quantitative estimate of drug-likeness (QED) is 0.447. The minimum atomic E-state index is 0.439. The highest BCUT2D eigenvalue weighted by Gasteiger charge is 2.13. The Morgan fingerprint density at radius 2 is 2.18 bits per heavy atom. The fourth-order valence-corrected chi connectivity index (χ4v) is 1.18. The van der Waals surface area contributed by atoms with E-state index in [9.17, 15) is 4.79 Å². The fraction of sp³-hybridized carbons (Fsp3) is 0.750. The summed E-state index contributed by atoms with van der Waals surface area (Å²) in [7, 11) is 0. The van der Waals surface area contributed by atoms with Gasteiger partial charge in [-0.15, -0.1) is 0 Å². The molecule has 0 aromatic carbocycles. The molecule has 1 radical (unpaired) electrons. The first kappa shape index (κ1) is 8.53. The third-order valence-corrected chi connectivity index (χ3v) is 1.86. The Morgan fingerprint density at radius 3 is 2.82 bits per heavy atom. The van der Waals surface area contributed by atoms with Crippen LogP contribution < -0.4 is 0 Å². The Balaban J connectivity index is 2.00. The zero-order valence-electron chi connectivity index (χ0n) is 6.49. The van der Waals surface area contributed by atoms with Gasteiger partial charge in [-0.1, -0.05) is 0 Å². The van der Waals surface area contributed by atoms with Crippen molar-refractivity contribution in [1.82, 2.24) is 0 Å². The van der Waals surface area contributed by atoms with Gasteiger partial charge in [0.15, 0.2) is 0 Å². The van der Waals surface area contributed by atoms with Crippen LogP contribution in [0.2, 0.25) is 0 Å². The molecule has 1 rings (SSSR count). The number of ether oxygens (including phenoxy) is 2. The predicted molar refractivity (Wildman–Crippen MR) is 39.9 cm³/mol. The molecule has 0 atom stereocenters.